The van der Waals surface area contributed by atoms with Crippen molar-refractivity contribution < 1.29 is 0 Å². The lowest BCUT2D eigenvalue weighted by Crippen LogP contribution is -2.10. The summed E-state index contributed by atoms with van der Waals surface area (Å²) in [5.74, 6) is 0. The Labute approximate surface area is 405 Å². The molecular formula is C64H40N6. The molecule has 0 amide bonds. The molecule has 0 N–H and O–H groups in total. The van der Waals surface area contributed by atoms with E-state index in [-0.39, 0.29) is 0 Å². The van der Waals surface area contributed by atoms with E-state index in [2.05, 4.69) is 201 Å². The van der Waals surface area contributed by atoms with Gasteiger partial charge in [-0.1, -0.05) is 121 Å². The fourth-order valence-electron chi connectivity index (χ4n) is 11.0. The van der Waals surface area contributed by atoms with Gasteiger partial charge in [0.15, 0.2) is 0 Å². The van der Waals surface area contributed by atoms with Gasteiger partial charge < -0.3 is 9.80 Å². The van der Waals surface area contributed by atoms with Gasteiger partial charge in [-0.25, -0.2) is 0 Å². The van der Waals surface area contributed by atoms with Crippen LogP contribution in [0.15, 0.2) is 244 Å². The fraction of sp³-hybridized carbons (Fsp3) is 0. The Balaban J connectivity index is 0.801. The zero-order valence-electron chi connectivity index (χ0n) is 37.8. The molecule has 0 aliphatic heterocycles. The minimum atomic E-state index is 0.910. The maximum Gasteiger partial charge on any atom is 0.0703 e. The summed E-state index contributed by atoms with van der Waals surface area (Å²) in [4.78, 5) is 22.9. The molecule has 6 nitrogen and oxygen atoms in total. The van der Waals surface area contributed by atoms with Crippen LogP contribution in [0.2, 0.25) is 0 Å². The number of hydrogen-bond donors (Lipinski definition) is 0. The minimum absolute atomic E-state index is 0.910. The summed E-state index contributed by atoms with van der Waals surface area (Å²) < 4.78 is 0. The van der Waals surface area contributed by atoms with E-state index in [9.17, 15) is 0 Å². The average molecular weight is 893 g/mol. The molecule has 0 radical (unpaired) electrons. The molecule has 2 aliphatic carbocycles. The van der Waals surface area contributed by atoms with Crippen LogP contribution in [0.25, 0.3) is 99.6 Å². The van der Waals surface area contributed by atoms with Crippen LogP contribution in [0.3, 0.4) is 0 Å². The van der Waals surface area contributed by atoms with Crippen LogP contribution in [0, 0.1) is 0 Å². The Morgan fingerprint density at radius 2 is 0.743 bits per heavy atom. The molecule has 70 heavy (non-hydrogen) atoms. The van der Waals surface area contributed by atoms with Crippen molar-refractivity contribution >= 4 is 55.7 Å². The summed E-state index contributed by atoms with van der Waals surface area (Å²) in [7, 11) is 0. The van der Waals surface area contributed by atoms with Crippen LogP contribution in [0.4, 0.5) is 34.1 Å². The molecule has 2 aliphatic rings. The monoisotopic (exact) mass is 892 g/mol. The Morgan fingerprint density at radius 3 is 1.31 bits per heavy atom. The number of nitrogens with zero attached hydrogens (tertiary/aromatic N) is 6. The third-order valence-corrected chi connectivity index (χ3v) is 14.1. The highest BCUT2D eigenvalue weighted by Gasteiger charge is 2.26. The Bertz CT molecular complexity index is 3940. The third-order valence-electron chi connectivity index (χ3n) is 14.1. The van der Waals surface area contributed by atoms with Crippen molar-refractivity contribution in [3.63, 3.8) is 0 Å². The number of fused-ring (bicyclic) bond motifs is 6. The molecule has 6 heteroatoms. The first kappa shape index (κ1) is 39.6. The summed E-state index contributed by atoms with van der Waals surface area (Å²) in [6, 6.07) is 72.2. The second kappa shape index (κ2) is 16.1. The molecule has 326 valence electrons. The largest absolute Gasteiger partial charge is 0.309 e. The first-order chi connectivity index (χ1) is 34.7. The number of hydrogen-bond acceptors (Lipinski definition) is 6. The molecule has 12 aromatic rings. The lowest BCUT2D eigenvalue weighted by Gasteiger charge is -2.25. The second-order valence-corrected chi connectivity index (χ2v) is 17.9. The van der Waals surface area contributed by atoms with E-state index >= 15 is 0 Å². The first-order valence-electron chi connectivity index (χ1n) is 23.6. The van der Waals surface area contributed by atoms with Crippen LogP contribution in [-0.2, 0) is 0 Å². The van der Waals surface area contributed by atoms with Crippen molar-refractivity contribution in [2.24, 2.45) is 0 Å². The van der Waals surface area contributed by atoms with Crippen molar-refractivity contribution in [1.82, 2.24) is 19.9 Å². The van der Waals surface area contributed by atoms with E-state index < -0.39 is 0 Å². The predicted octanol–water partition coefficient (Wildman–Crippen LogP) is 16.8. The molecule has 4 heterocycles. The van der Waals surface area contributed by atoms with Crippen molar-refractivity contribution in [2.75, 3.05) is 9.80 Å². The van der Waals surface area contributed by atoms with Crippen molar-refractivity contribution in [3.05, 3.63) is 244 Å². The zero-order chi connectivity index (χ0) is 46.1. The highest BCUT2D eigenvalue weighted by molar-refractivity contribution is 6.20. The SMILES string of the molecule is c1cncc(N(c2ccncc2)c2cccc(-c3ccc4c5c(cccc35)-c3cc(-c5ccc(N(c6cccnc6)c6cccc(-c7ccc8c9c(cccc79)-c7ccccc7-8)c6)cn5)ccc3-4)c2)c1. The highest BCUT2D eigenvalue weighted by atomic mass is 15.2. The van der Waals surface area contributed by atoms with Crippen LogP contribution in [0.5, 0.6) is 0 Å². The smallest absolute Gasteiger partial charge is 0.0703 e. The Hall–Kier alpha value is -9.52. The molecule has 0 saturated carbocycles. The summed E-state index contributed by atoms with van der Waals surface area (Å²) in [5, 5.41) is 5.08. The summed E-state index contributed by atoms with van der Waals surface area (Å²) in [6.45, 7) is 0. The van der Waals surface area contributed by atoms with Gasteiger partial charge in [0.2, 0.25) is 0 Å². The second-order valence-electron chi connectivity index (χ2n) is 17.9. The fourth-order valence-corrected chi connectivity index (χ4v) is 11.0. The lowest BCUT2D eigenvalue weighted by molar-refractivity contribution is 1.20. The van der Waals surface area contributed by atoms with Gasteiger partial charge in [0.05, 0.1) is 41.3 Å². The van der Waals surface area contributed by atoms with E-state index in [1.807, 2.05) is 61.4 Å². The number of pyridine rings is 4. The molecule has 0 unspecified atom stereocenters. The van der Waals surface area contributed by atoms with Crippen LogP contribution >= 0.6 is 0 Å². The zero-order valence-corrected chi connectivity index (χ0v) is 37.8. The van der Waals surface area contributed by atoms with Crippen molar-refractivity contribution in [1.29, 1.82) is 0 Å². The van der Waals surface area contributed by atoms with Gasteiger partial charge in [-0.3, -0.25) is 19.9 Å². The molecule has 4 aromatic heterocycles. The van der Waals surface area contributed by atoms with Gasteiger partial charge in [0, 0.05) is 47.4 Å². The Kier molecular flexibility index (Phi) is 9.10. The van der Waals surface area contributed by atoms with E-state index in [1.165, 1.54) is 77.2 Å². The molecule has 0 atom stereocenters. The lowest BCUT2D eigenvalue weighted by atomic mass is 9.94. The van der Waals surface area contributed by atoms with Gasteiger partial charge in [-0.2, -0.15) is 0 Å². The van der Waals surface area contributed by atoms with Crippen LogP contribution < -0.4 is 9.80 Å². The van der Waals surface area contributed by atoms with E-state index in [1.54, 1.807) is 6.20 Å². The van der Waals surface area contributed by atoms with Gasteiger partial charge in [-0.05, 0) is 167 Å². The normalized spacial score (nSPS) is 11.7. The molecule has 14 rings (SSSR count). The third kappa shape index (κ3) is 6.35. The maximum atomic E-state index is 5.16. The molecular weight excluding hydrogens is 853 g/mol. The van der Waals surface area contributed by atoms with Gasteiger partial charge in [0.1, 0.15) is 0 Å². The topological polar surface area (TPSA) is 58.0 Å². The van der Waals surface area contributed by atoms with E-state index in [4.69, 9.17) is 4.98 Å². The number of benzene rings is 8. The average Bonchev–Trinajstić information content (AvgIpc) is 3.94. The molecule has 8 aromatic carbocycles. The van der Waals surface area contributed by atoms with E-state index in [0.717, 1.165) is 56.5 Å². The standard InChI is InChI=1S/C64H40N6/c1-2-16-53-52(15-1)57-19-5-17-55-50(24-26-59(53)63(55)57)42-10-4-12-46(36-42)70(48-14-8-32-67-39-48)49-22-28-62(68-40-49)43-21-23-54-60-27-25-51(56-18-6-20-58(64(56)60)61(54)37-43)41-9-3-11-45(35-41)69(44-29-33-65-34-30-44)47-13-7-31-66-38-47/h1-40H. The van der Waals surface area contributed by atoms with Crippen LogP contribution in [-0.4, -0.2) is 19.9 Å². The highest BCUT2D eigenvalue weighted by Crippen LogP contribution is 2.52. The number of anilines is 6. The van der Waals surface area contributed by atoms with Crippen molar-refractivity contribution in [3.8, 4) is 78.0 Å². The summed E-state index contributed by atoms with van der Waals surface area (Å²) in [6.07, 6.45) is 13.1. The van der Waals surface area contributed by atoms with E-state index in [0.29, 0.717) is 0 Å². The minimum Gasteiger partial charge on any atom is -0.309 e. The molecule has 0 fully saturated rings. The number of aromatic nitrogens is 4. The first-order valence-corrected chi connectivity index (χ1v) is 23.6. The maximum absolute atomic E-state index is 5.16. The Morgan fingerprint density at radius 1 is 0.257 bits per heavy atom. The van der Waals surface area contributed by atoms with Crippen LogP contribution in [0.1, 0.15) is 0 Å². The quantitative estimate of drug-likeness (QED) is 0.144. The summed E-state index contributed by atoms with van der Waals surface area (Å²) in [5.41, 5.74) is 22.8. The van der Waals surface area contributed by atoms with Gasteiger partial charge in [0.25, 0.3) is 0 Å². The van der Waals surface area contributed by atoms with Gasteiger partial charge >= 0.3 is 0 Å². The predicted molar refractivity (Wildman–Crippen MR) is 287 cm³/mol. The molecule has 0 bridgehead atoms. The van der Waals surface area contributed by atoms with Gasteiger partial charge in [-0.15, -0.1) is 0 Å². The molecule has 0 saturated heterocycles. The molecule has 0 spiro atoms. The van der Waals surface area contributed by atoms with Crippen molar-refractivity contribution in [2.45, 2.75) is 0 Å². The number of rotatable bonds is 9. The summed E-state index contributed by atoms with van der Waals surface area (Å²) >= 11 is 0.